The molecule has 2 aliphatic rings. The van der Waals surface area contributed by atoms with Crippen molar-refractivity contribution in [3.8, 4) is 0 Å². The van der Waals surface area contributed by atoms with Crippen LogP contribution in [-0.4, -0.2) is 18.9 Å². The Morgan fingerprint density at radius 3 is 2.61 bits per heavy atom. The van der Waals surface area contributed by atoms with E-state index >= 15 is 0 Å². The van der Waals surface area contributed by atoms with E-state index in [4.69, 9.17) is 4.74 Å². The van der Waals surface area contributed by atoms with Crippen molar-refractivity contribution in [1.82, 2.24) is 0 Å². The summed E-state index contributed by atoms with van der Waals surface area (Å²) in [6.07, 6.45) is 0.517. The van der Waals surface area contributed by atoms with Gasteiger partial charge in [0, 0.05) is 11.3 Å². The van der Waals surface area contributed by atoms with Crippen molar-refractivity contribution in [3.63, 3.8) is 0 Å². The molecule has 0 saturated heterocycles. The Hall–Kier alpha value is -3.15. The molecular formula is C22H21FN2O3. The highest BCUT2D eigenvalue weighted by atomic mass is 19.1. The highest BCUT2D eigenvalue weighted by Crippen LogP contribution is 2.43. The van der Waals surface area contributed by atoms with Crippen LogP contribution in [0.15, 0.2) is 59.8 Å². The van der Waals surface area contributed by atoms with E-state index in [9.17, 15) is 14.0 Å². The third-order valence-corrected chi connectivity index (χ3v) is 5.41. The van der Waals surface area contributed by atoms with Gasteiger partial charge in [-0.25, -0.2) is 4.39 Å². The smallest absolute Gasteiger partial charge is 0.316 e. The number of halogens is 1. The first-order chi connectivity index (χ1) is 13.5. The molecular weight excluding hydrogens is 359 g/mol. The van der Waals surface area contributed by atoms with E-state index in [-0.39, 0.29) is 17.5 Å². The van der Waals surface area contributed by atoms with Gasteiger partial charge < -0.3 is 15.4 Å². The lowest BCUT2D eigenvalue weighted by Crippen LogP contribution is -2.39. The van der Waals surface area contributed by atoms with Gasteiger partial charge in [0.15, 0.2) is 5.78 Å². The molecule has 1 aliphatic heterocycles. The molecule has 144 valence electrons. The van der Waals surface area contributed by atoms with Gasteiger partial charge in [0.05, 0.1) is 24.5 Å². The minimum Gasteiger partial charge on any atom is -0.468 e. The maximum atomic E-state index is 13.9. The number of carbonyl (C=O) groups excluding carboxylic acids is 2. The van der Waals surface area contributed by atoms with E-state index in [1.807, 2.05) is 31.2 Å². The standard InChI is InChI=1S/C22H21FN2O3/c1-12-10-17-19(21(26)18(12)22(27)28-2)20(13-6-5-7-14(23)11-13)25-16-9-4-3-8-15(16)24-17/h3-9,11-12,18,20,24-25H,10H2,1-2H3. The van der Waals surface area contributed by atoms with E-state index in [0.29, 0.717) is 17.6 Å². The summed E-state index contributed by atoms with van der Waals surface area (Å²) in [5, 5.41) is 6.73. The molecule has 2 aromatic rings. The number of benzene rings is 2. The van der Waals surface area contributed by atoms with Crippen molar-refractivity contribution in [3.05, 3.63) is 71.2 Å². The number of carbonyl (C=O) groups is 2. The van der Waals surface area contributed by atoms with Gasteiger partial charge in [-0.2, -0.15) is 0 Å². The monoisotopic (exact) mass is 380 g/mol. The lowest BCUT2D eigenvalue weighted by atomic mass is 9.75. The average Bonchev–Trinajstić information content (AvgIpc) is 2.84. The van der Waals surface area contributed by atoms with Crippen molar-refractivity contribution in [2.75, 3.05) is 17.7 Å². The third kappa shape index (κ3) is 3.05. The zero-order valence-corrected chi connectivity index (χ0v) is 15.7. The SMILES string of the molecule is COC(=O)C1C(=O)C2=C(CC1C)Nc1ccccc1NC2c1cccc(F)c1. The second-order valence-corrected chi connectivity index (χ2v) is 7.24. The van der Waals surface area contributed by atoms with Crippen molar-refractivity contribution >= 4 is 23.1 Å². The molecule has 0 spiro atoms. The molecule has 6 heteroatoms. The Morgan fingerprint density at radius 1 is 1.14 bits per heavy atom. The maximum absolute atomic E-state index is 13.9. The molecule has 0 saturated carbocycles. The van der Waals surface area contributed by atoms with Gasteiger partial charge in [0.25, 0.3) is 0 Å². The van der Waals surface area contributed by atoms with Crippen LogP contribution < -0.4 is 10.6 Å². The second kappa shape index (κ2) is 7.11. The summed E-state index contributed by atoms with van der Waals surface area (Å²) in [6, 6.07) is 13.2. The molecule has 0 fully saturated rings. The Morgan fingerprint density at radius 2 is 1.89 bits per heavy atom. The lowest BCUT2D eigenvalue weighted by molar-refractivity contribution is -0.151. The summed E-state index contributed by atoms with van der Waals surface area (Å²) in [4.78, 5) is 25.7. The van der Waals surface area contributed by atoms with Crippen LogP contribution in [0.4, 0.5) is 15.8 Å². The van der Waals surface area contributed by atoms with Crippen LogP contribution in [0.5, 0.6) is 0 Å². The molecule has 1 aliphatic carbocycles. The number of allylic oxidation sites excluding steroid dienone is 1. The molecule has 0 aromatic heterocycles. The normalized spacial score (nSPS) is 23.7. The van der Waals surface area contributed by atoms with Gasteiger partial charge >= 0.3 is 5.97 Å². The number of para-hydroxylation sites is 2. The van der Waals surface area contributed by atoms with Crippen LogP contribution in [0.25, 0.3) is 0 Å². The average molecular weight is 380 g/mol. The maximum Gasteiger partial charge on any atom is 0.316 e. The summed E-state index contributed by atoms with van der Waals surface area (Å²) in [5.74, 6) is -2.28. The molecule has 4 rings (SSSR count). The number of hydrogen-bond acceptors (Lipinski definition) is 5. The molecule has 1 heterocycles. The number of methoxy groups -OCH3 is 1. The lowest BCUT2D eigenvalue weighted by Gasteiger charge is -2.32. The number of nitrogens with one attached hydrogen (secondary N) is 2. The number of fused-ring (bicyclic) bond motifs is 1. The van der Waals surface area contributed by atoms with E-state index in [1.54, 1.807) is 12.1 Å². The van der Waals surface area contributed by atoms with Crippen LogP contribution >= 0.6 is 0 Å². The highest BCUT2D eigenvalue weighted by Gasteiger charge is 2.44. The first-order valence-electron chi connectivity index (χ1n) is 9.22. The molecule has 0 radical (unpaired) electrons. The van der Waals surface area contributed by atoms with Gasteiger partial charge in [0.1, 0.15) is 11.7 Å². The number of ether oxygens (including phenoxy) is 1. The Bertz CT molecular complexity index is 985. The number of ketones is 1. The summed E-state index contributed by atoms with van der Waals surface area (Å²) < 4.78 is 18.8. The zero-order chi connectivity index (χ0) is 19.8. The number of hydrogen-bond donors (Lipinski definition) is 2. The highest BCUT2D eigenvalue weighted by molar-refractivity contribution is 6.11. The molecule has 5 nitrogen and oxygen atoms in total. The van der Waals surface area contributed by atoms with Gasteiger partial charge in [-0.3, -0.25) is 9.59 Å². The van der Waals surface area contributed by atoms with E-state index < -0.39 is 17.9 Å². The van der Waals surface area contributed by atoms with Crippen molar-refractivity contribution in [2.24, 2.45) is 11.8 Å². The zero-order valence-electron chi connectivity index (χ0n) is 15.7. The van der Waals surface area contributed by atoms with Crippen molar-refractivity contribution in [2.45, 2.75) is 19.4 Å². The number of anilines is 2. The molecule has 28 heavy (non-hydrogen) atoms. The largest absolute Gasteiger partial charge is 0.468 e. The van der Waals surface area contributed by atoms with E-state index in [1.165, 1.54) is 19.2 Å². The fourth-order valence-corrected chi connectivity index (χ4v) is 4.07. The summed E-state index contributed by atoms with van der Waals surface area (Å²) in [7, 11) is 1.29. The Balaban J connectivity index is 1.88. The topological polar surface area (TPSA) is 67.4 Å². The van der Waals surface area contributed by atoms with Crippen LogP contribution in [0, 0.1) is 17.7 Å². The van der Waals surface area contributed by atoms with Crippen LogP contribution in [0.3, 0.4) is 0 Å². The molecule has 3 unspecified atom stereocenters. The van der Waals surface area contributed by atoms with Crippen molar-refractivity contribution < 1.29 is 18.7 Å². The van der Waals surface area contributed by atoms with E-state index in [2.05, 4.69) is 10.6 Å². The Labute approximate surface area is 162 Å². The van der Waals surface area contributed by atoms with E-state index in [0.717, 1.165) is 17.1 Å². The van der Waals surface area contributed by atoms with Gasteiger partial charge in [-0.1, -0.05) is 31.2 Å². The first-order valence-corrected chi connectivity index (χ1v) is 9.22. The Kier molecular flexibility index (Phi) is 4.63. The van der Waals surface area contributed by atoms with Crippen molar-refractivity contribution in [1.29, 1.82) is 0 Å². The fraction of sp³-hybridized carbons (Fsp3) is 0.273. The minimum absolute atomic E-state index is 0.204. The third-order valence-electron chi connectivity index (χ3n) is 5.41. The number of rotatable bonds is 2. The minimum atomic E-state index is -0.871. The van der Waals surface area contributed by atoms with Gasteiger partial charge in [-0.15, -0.1) is 0 Å². The molecule has 3 atom stereocenters. The molecule has 0 amide bonds. The van der Waals surface area contributed by atoms with Gasteiger partial charge in [-0.05, 0) is 42.2 Å². The fourth-order valence-electron chi connectivity index (χ4n) is 4.07. The summed E-state index contributed by atoms with van der Waals surface area (Å²) >= 11 is 0. The molecule has 2 N–H and O–H groups in total. The first kappa shape index (κ1) is 18.2. The van der Waals surface area contributed by atoms with Crippen LogP contribution in [0.1, 0.15) is 24.9 Å². The van der Waals surface area contributed by atoms with Crippen LogP contribution in [-0.2, 0) is 14.3 Å². The number of Topliss-reactive ketones (excluding diaryl/α,β-unsaturated/α-hetero) is 1. The summed E-state index contributed by atoms with van der Waals surface area (Å²) in [5.41, 5.74) is 3.48. The second-order valence-electron chi connectivity index (χ2n) is 7.24. The number of esters is 1. The predicted molar refractivity (Wildman–Crippen MR) is 104 cm³/mol. The molecule has 0 bridgehead atoms. The summed E-state index contributed by atoms with van der Waals surface area (Å²) in [6.45, 7) is 1.87. The molecule has 2 aromatic carbocycles. The van der Waals surface area contributed by atoms with Gasteiger partial charge in [0.2, 0.25) is 0 Å². The predicted octanol–water partition coefficient (Wildman–Crippen LogP) is 4.06. The van der Waals surface area contributed by atoms with Crippen LogP contribution in [0.2, 0.25) is 0 Å². The quantitative estimate of drug-likeness (QED) is 0.608.